The molecule has 35 heavy (non-hydrogen) atoms. The lowest BCUT2D eigenvalue weighted by Gasteiger charge is -2.25. The molecule has 7 heteroatoms. The third-order valence-electron chi connectivity index (χ3n) is 6.87. The fourth-order valence-corrected chi connectivity index (χ4v) is 4.83. The summed E-state index contributed by atoms with van der Waals surface area (Å²) in [7, 11) is 1.73. The molecule has 0 aliphatic carbocycles. The number of para-hydroxylation sites is 1. The lowest BCUT2D eigenvalue weighted by Crippen LogP contribution is -2.26. The number of nitrogens with zero attached hydrogens (tertiary/aromatic N) is 2. The second-order valence-corrected chi connectivity index (χ2v) is 9.33. The van der Waals surface area contributed by atoms with Crippen LogP contribution in [0.5, 0.6) is 5.75 Å². The highest BCUT2D eigenvalue weighted by molar-refractivity contribution is 5.74. The largest absolute Gasteiger partial charge is 0.492 e. The summed E-state index contributed by atoms with van der Waals surface area (Å²) >= 11 is 0. The second-order valence-electron chi connectivity index (χ2n) is 9.33. The predicted octanol–water partition coefficient (Wildman–Crippen LogP) is 4.20. The number of aryl methyl sites for hydroxylation is 1. The molecule has 0 saturated heterocycles. The van der Waals surface area contributed by atoms with Gasteiger partial charge in [-0.05, 0) is 53.8 Å². The van der Waals surface area contributed by atoms with E-state index in [1.54, 1.807) is 7.05 Å². The first-order chi connectivity index (χ1) is 16.7. The number of hydrogen-bond donors (Lipinski definition) is 3. The molecule has 184 valence electrons. The average molecular weight is 475 g/mol. The van der Waals surface area contributed by atoms with Crippen molar-refractivity contribution < 1.29 is 14.6 Å². The van der Waals surface area contributed by atoms with E-state index in [2.05, 4.69) is 30.0 Å². The molecule has 0 spiro atoms. The van der Waals surface area contributed by atoms with Crippen molar-refractivity contribution in [2.75, 3.05) is 30.9 Å². The molecule has 4 rings (SSSR count). The minimum absolute atomic E-state index is 0.0223. The SMILES string of the molecule is Cc1ccc([C@H](CC(=O)O)c2ccc(N(C)N)c(N)c2C)cc1CN1CCOc2ccccc2C1. The number of carboxylic acids is 1. The Morgan fingerprint density at radius 1 is 1.17 bits per heavy atom. The Morgan fingerprint density at radius 2 is 1.94 bits per heavy atom. The molecule has 7 nitrogen and oxygen atoms in total. The van der Waals surface area contributed by atoms with Crippen LogP contribution in [0.2, 0.25) is 0 Å². The van der Waals surface area contributed by atoms with Crippen LogP contribution in [0, 0.1) is 13.8 Å². The van der Waals surface area contributed by atoms with Crippen LogP contribution in [0.25, 0.3) is 0 Å². The van der Waals surface area contributed by atoms with Crippen molar-refractivity contribution in [1.82, 2.24) is 4.90 Å². The van der Waals surface area contributed by atoms with Gasteiger partial charge in [-0.2, -0.15) is 0 Å². The van der Waals surface area contributed by atoms with Gasteiger partial charge in [0.2, 0.25) is 0 Å². The first-order valence-corrected chi connectivity index (χ1v) is 11.9. The van der Waals surface area contributed by atoms with Crippen LogP contribution in [-0.4, -0.2) is 36.2 Å². The van der Waals surface area contributed by atoms with Gasteiger partial charge in [0.15, 0.2) is 0 Å². The molecule has 1 heterocycles. The van der Waals surface area contributed by atoms with Crippen molar-refractivity contribution in [3.05, 3.63) is 88.0 Å². The first-order valence-electron chi connectivity index (χ1n) is 11.9. The molecule has 3 aromatic rings. The highest BCUT2D eigenvalue weighted by Crippen LogP contribution is 2.37. The highest BCUT2D eigenvalue weighted by Gasteiger charge is 2.23. The van der Waals surface area contributed by atoms with Crippen LogP contribution < -0.4 is 21.3 Å². The molecule has 0 aromatic heterocycles. The van der Waals surface area contributed by atoms with Crippen LogP contribution in [0.15, 0.2) is 54.6 Å². The van der Waals surface area contributed by atoms with Crippen LogP contribution in [0.3, 0.4) is 0 Å². The highest BCUT2D eigenvalue weighted by atomic mass is 16.5. The topological polar surface area (TPSA) is 105 Å². The van der Waals surface area contributed by atoms with E-state index in [0.717, 1.165) is 42.1 Å². The number of rotatable bonds is 7. The van der Waals surface area contributed by atoms with Gasteiger partial charge in [-0.3, -0.25) is 9.69 Å². The quantitative estimate of drug-likeness (QED) is 0.268. The molecule has 1 atom stereocenters. The maximum atomic E-state index is 11.9. The van der Waals surface area contributed by atoms with E-state index in [0.29, 0.717) is 18.0 Å². The number of nitrogens with two attached hydrogens (primary N) is 2. The zero-order valence-corrected chi connectivity index (χ0v) is 20.6. The summed E-state index contributed by atoms with van der Waals surface area (Å²) in [4.78, 5) is 14.2. The molecule has 0 radical (unpaired) electrons. The van der Waals surface area contributed by atoms with E-state index < -0.39 is 5.97 Å². The summed E-state index contributed by atoms with van der Waals surface area (Å²) in [6.07, 6.45) is -0.0223. The van der Waals surface area contributed by atoms with Gasteiger partial charge in [-0.1, -0.05) is 42.5 Å². The molecule has 0 amide bonds. The van der Waals surface area contributed by atoms with Gasteiger partial charge in [-0.15, -0.1) is 0 Å². The maximum absolute atomic E-state index is 11.9. The van der Waals surface area contributed by atoms with Crippen molar-refractivity contribution in [3.8, 4) is 5.75 Å². The van der Waals surface area contributed by atoms with Gasteiger partial charge < -0.3 is 20.6 Å². The Balaban J connectivity index is 1.67. The molecule has 0 unspecified atom stereocenters. The first kappa shape index (κ1) is 24.6. The minimum Gasteiger partial charge on any atom is -0.492 e. The summed E-state index contributed by atoms with van der Waals surface area (Å²) in [5, 5.41) is 11.2. The number of nitrogen functional groups attached to an aromatic ring is 1. The van der Waals surface area contributed by atoms with Gasteiger partial charge in [-0.25, -0.2) is 5.84 Å². The van der Waals surface area contributed by atoms with E-state index in [-0.39, 0.29) is 12.3 Å². The van der Waals surface area contributed by atoms with Crippen LogP contribution in [0.4, 0.5) is 11.4 Å². The van der Waals surface area contributed by atoms with Crippen molar-refractivity contribution in [2.45, 2.75) is 39.3 Å². The van der Waals surface area contributed by atoms with Gasteiger partial charge >= 0.3 is 5.97 Å². The smallest absolute Gasteiger partial charge is 0.304 e. The van der Waals surface area contributed by atoms with Gasteiger partial charge in [0, 0.05) is 38.2 Å². The van der Waals surface area contributed by atoms with Crippen molar-refractivity contribution >= 4 is 17.3 Å². The summed E-state index contributed by atoms with van der Waals surface area (Å²) in [6, 6.07) is 18.2. The summed E-state index contributed by atoms with van der Waals surface area (Å²) < 4.78 is 5.93. The van der Waals surface area contributed by atoms with Crippen LogP contribution in [-0.2, 0) is 17.9 Å². The summed E-state index contributed by atoms with van der Waals surface area (Å²) in [5.41, 5.74) is 13.9. The molecule has 1 aliphatic rings. The lowest BCUT2D eigenvalue weighted by molar-refractivity contribution is -0.137. The number of carboxylic acid groups (broad SMARTS) is 1. The normalized spacial score (nSPS) is 14.5. The van der Waals surface area contributed by atoms with E-state index in [4.69, 9.17) is 16.3 Å². The third-order valence-corrected chi connectivity index (χ3v) is 6.87. The predicted molar refractivity (Wildman–Crippen MR) is 140 cm³/mol. The van der Waals surface area contributed by atoms with Crippen molar-refractivity contribution in [3.63, 3.8) is 0 Å². The molecule has 0 saturated carbocycles. The van der Waals surface area contributed by atoms with E-state index in [1.807, 2.05) is 43.3 Å². The lowest BCUT2D eigenvalue weighted by atomic mass is 9.84. The zero-order valence-electron chi connectivity index (χ0n) is 20.6. The van der Waals surface area contributed by atoms with Crippen LogP contribution >= 0.6 is 0 Å². The number of carbonyl (C=O) groups is 1. The number of hydrogen-bond acceptors (Lipinski definition) is 6. The van der Waals surface area contributed by atoms with Crippen molar-refractivity contribution in [2.24, 2.45) is 5.84 Å². The van der Waals surface area contributed by atoms with E-state index in [9.17, 15) is 9.90 Å². The Bertz CT molecular complexity index is 1220. The number of fused-ring (bicyclic) bond motifs is 1. The average Bonchev–Trinajstić information content (AvgIpc) is 3.02. The zero-order chi connectivity index (χ0) is 25.1. The molecule has 0 bridgehead atoms. The van der Waals surface area contributed by atoms with Crippen LogP contribution in [0.1, 0.15) is 45.7 Å². The number of hydrazine groups is 1. The second kappa shape index (κ2) is 10.4. The summed E-state index contributed by atoms with van der Waals surface area (Å²) in [5.74, 6) is 5.69. The fourth-order valence-electron chi connectivity index (χ4n) is 4.83. The number of ether oxygens (including phenoxy) is 1. The molecular weight excluding hydrogens is 440 g/mol. The molecule has 3 aromatic carbocycles. The third kappa shape index (κ3) is 5.42. The van der Waals surface area contributed by atoms with E-state index >= 15 is 0 Å². The van der Waals surface area contributed by atoms with Crippen molar-refractivity contribution in [1.29, 1.82) is 0 Å². The molecule has 5 N–H and O–H groups in total. The minimum atomic E-state index is -0.851. The summed E-state index contributed by atoms with van der Waals surface area (Å²) in [6.45, 7) is 7.05. The number of benzene rings is 3. The van der Waals surface area contributed by atoms with E-state index in [1.165, 1.54) is 21.7 Å². The Morgan fingerprint density at radius 3 is 2.69 bits per heavy atom. The Kier molecular flexibility index (Phi) is 7.28. The Labute approximate surface area is 206 Å². The standard InChI is InChI=1S/C28H34N4O3/c1-18-8-9-20(14-22(18)17-32-12-13-35-26-7-5-4-6-21(26)16-32)24(15-27(33)34)23-10-11-25(31(3)30)28(29)19(23)2/h4-11,14,24H,12-13,15-17,29-30H2,1-3H3,(H,33,34)/t24-/m0/s1. The Hall–Kier alpha value is -3.55. The maximum Gasteiger partial charge on any atom is 0.304 e. The van der Waals surface area contributed by atoms with Gasteiger partial charge in [0.25, 0.3) is 0 Å². The van der Waals surface area contributed by atoms with Gasteiger partial charge in [0.1, 0.15) is 12.4 Å². The molecular formula is C28H34N4O3. The van der Waals surface area contributed by atoms with Gasteiger partial charge in [0.05, 0.1) is 17.8 Å². The fraction of sp³-hybridized carbons (Fsp3) is 0.321. The molecule has 0 fully saturated rings. The molecule has 1 aliphatic heterocycles. The number of aliphatic carboxylic acids is 1. The monoisotopic (exact) mass is 474 g/mol. The number of anilines is 2.